The maximum absolute atomic E-state index is 13.2. The van der Waals surface area contributed by atoms with Crippen LogP contribution in [0.5, 0.6) is 11.5 Å². The normalized spacial score (nSPS) is 19.5. The number of benzene rings is 2. The van der Waals surface area contributed by atoms with Crippen molar-refractivity contribution in [1.82, 2.24) is 9.80 Å². The second kappa shape index (κ2) is 10.6. The minimum Gasteiger partial charge on any atom is -0.497 e. The number of hydrogen-bond acceptors (Lipinski definition) is 5. The Morgan fingerprint density at radius 2 is 1.70 bits per heavy atom. The fourth-order valence-electron chi connectivity index (χ4n) is 4.97. The lowest BCUT2D eigenvalue weighted by atomic mass is 9.89. The summed E-state index contributed by atoms with van der Waals surface area (Å²) in [6, 6.07) is 12.9. The minimum absolute atomic E-state index is 0.000577. The molecule has 2 heterocycles. The van der Waals surface area contributed by atoms with Crippen molar-refractivity contribution in [2.75, 3.05) is 40.4 Å². The zero-order valence-corrected chi connectivity index (χ0v) is 20.0. The predicted octanol–water partition coefficient (Wildman–Crippen LogP) is 4.62. The molecule has 33 heavy (non-hydrogen) atoms. The van der Waals surface area contributed by atoms with Crippen LogP contribution < -0.4 is 9.47 Å². The summed E-state index contributed by atoms with van der Waals surface area (Å²) in [5.74, 6) is 1.80. The number of ketones is 1. The highest BCUT2D eigenvalue weighted by Gasteiger charge is 2.34. The Morgan fingerprint density at radius 1 is 0.970 bits per heavy atom. The molecule has 2 saturated heterocycles. The summed E-state index contributed by atoms with van der Waals surface area (Å²) in [5.41, 5.74) is 1.73. The van der Waals surface area contributed by atoms with Crippen LogP contribution >= 0.6 is 11.6 Å². The molecule has 7 heteroatoms. The molecule has 2 aromatic carbocycles. The monoisotopic (exact) mass is 470 g/mol. The van der Waals surface area contributed by atoms with E-state index in [1.807, 2.05) is 23.1 Å². The average molecular weight is 471 g/mol. The van der Waals surface area contributed by atoms with Crippen molar-refractivity contribution in [3.8, 4) is 11.5 Å². The number of rotatable bonds is 7. The summed E-state index contributed by atoms with van der Waals surface area (Å²) in [7, 11) is 3.28. The van der Waals surface area contributed by atoms with Gasteiger partial charge in [0, 0.05) is 34.7 Å². The van der Waals surface area contributed by atoms with E-state index in [1.165, 1.54) is 0 Å². The van der Waals surface area contributed by atoms with E-state index in [9.17, 15) is 9.59 Å². The fourth-order valence-corrected chi connectivity index (χ4v) is 5.09. The van der Waals surface area contributed by atoms with Gasteiger partial charge in [-0.25, -0.2) is 0 Å². The van der Waals surface area contributed by atoms with E-state index in [2.05, 4.69) is 4.90 Å². The molecule has 2 aromatic rings. The van der Waals surface area contributed by atoms with E-state index in [0.29, 0.717) is 17.1 Å². The quantitative estimate of drug-likeness (QED) is 0.553. The van der Waals surface area contributed by atoms with E-state index in [4.69, 9.17) is 21.1 Å². The van der Waals surface area contributed by atoms with Gasteiger partial charge in [-0.1, -0.05) is 11.6 Å². The van der Waals surface area contributed by atoms with Crippen molar-refractivity contribution < 1.29 is 19.1 Å². The molecule has 0 spiro atoms. The van der Waals surface area contributed by atoms with E-state index in [-0.39, 0.29) is 23.7 Å². The van der Waals surface area contributed by atoms with Gasteiger partial charge in [0.1, 0.15) is 11.5 Å². The van der Waals surface area contributed by atoms with E-state index in [1.54, 1.807) is 38.5 Å². The molecule has 0 radical (unpaired) electrons. The predicted molar refractivity (Wildman–Crippen MR) is 128 cm³/mol. The second-order valence-corrected chi connectivity index (χ2v) is 9.21. The number of hydrogen-bond donors (Lipinski definition) is 0. The Hall–Kier alpha value is -2.57. The zero-order valence-electron chi connectivity index (χ0n) is 19.3. The number of halogens is 1. The number of nitrogens with zero attached hydrogens (tertiary/aromatic N) is 2. The number of carbonyl (C=O) groups is 2. The van der Waals surface area contributed by atoms with Crippen LogP contribution in [0, 0.1) is 5.92 Å². The summed E-state index contributed by atoms with van der Waals surface area (Å²) in [6.45, 7) is 2.64. The highest BCUT2D eigenvalue weighted by Crippen LogP contribution is 2.38. The number of amides is 1. The molecule has 1 atom stereocenters. The lowest BCUT2D eigenvalue weighted by Crippen LogP contribution is -2.44. The standard InChI is InChI=1S/C26H31ClN2O4/c1-32-21-9-10-22(24(16-21)33-2)23-4-3-13-29(23)25(30)17-28-14-11-19(12-15-28)26(31)18-5-7-20(27)8-6-18/h5-10,16,19,23H,3-4,11-15,17H2,1-2H3. The first-order valence-electron chi connectivity index (χ1n) is 11.5. The number of piperidine rings is 1. The molecule has 0 bridgehead atoms. The lowest BCUT2D eigenvalue weighted by Gasteiger charge is -2.33. The van der Waals surface area contributed by atoms with E-state index in [0.717, 1.165) is 62.4 Å². The maximum Gasteiger partial charge on any atom is 0.237 e. The van der Waals surface area contributed by atoms with Crippen molar-refractivity contribution in [3.63, 3.8) is 0 Å². The fraction of sp³-hybridized carbons (Fsp3) is 0.462. The molecule has 176 valence electrons. The van der Waals surface area contributed by atoms with Crippen LogP contribution in [0.3, 0.4) is 0 Å². The molecular weight excluding hydrogens is 440 g/mol. The Balaban J connectivity index is 1.35. The highest BCUT2D eigenvalue weighted by atomic mass is 35.5. The first kappa shape index (κ1) is 23.6. The van der Waals surface area contributed by atoms with E-state index >= 15 is 0 Å². The smallest absolute Gasteiger partial charge is 0.237 e. The van der Waals surface area contributed by atoms with Gasteiger partial charge >= 0.3 is 0 Å². The first-order valence-corrected chi connectivity index (χ1v) is 11.9. The minimum atomic E-state index is 0.000577. The van der Waals surface area contributed by atoms with Gasteiger partial charge in [-0.05, 0) is 75.2 Å². The Kier molecular flexibility index (Phi) is 7.56. The average Bonchev–Trinajstić information content (AvgIpc) is 3.34. The molecule has 1 amide bonds. The molecule has 1 unspecified atom stereocenters. The molecule has 6 nitrogen and oxygen atoms in total. The van der Waals surface area contributed by atoms with Crippen LogP contribution in [0.1, 0.15) is 47.6 Å². The van der Waals surface area contributed by atoms with Crippen LogP contribution in [-0.4, -0.2) is 61.9 Å². The van der Waals surface area contributed by atoms with Gasteiger partial charge in [0.25, 0.3) is 0 Å². The number of methoxy groups -OCH3 is 2. The van der Waals surface area contributed by atoms with Crippen molar-refractivity contribution in [2.24, 2.45) is 5.92 Å². The van der Waals surface area contributed by atoms with Crippen molar-refractivity contribution >= 4 is 23.3 Å². The summed E-state index contributed by atoms with van der Waals surface area (Å²) in [5, 5.41) is 0.632. The topological polar surface area (TPSA) is 59.1 Å². The third-order valence-corrected chi connectivity index (χ3v) is 7.07. The number of Topliss-reactive ketones (excluding diaryl/α,β-unsaturated/α-hetero) is 1. The lowest BCUT2D eigenvalue weighted by molar-refractivity contribution is -0.133. The van der Waals surface area contributed by atoms with Crippen LogP contribution in [0.25, 0.3) is 0 Å². The molecule has 2 aliphatic heterocycles. The summed E-state index contributed by atoms with van der Waals surface area (Å²) >= 11 is 5.94. The van der Waals surface area contributed by atoms with Crippen LogP contribution in [-0.2, 0) is 4.79 Å². The molecular formula is C26H31ClN2O4. The van der Waals surface area contributed by atoms with Crippen molar-refractivity contribution in [1.29, 1.82) is 0 Å². The van der Waals surface area contributed by atoms with Crippen LogP contribution in [0.4, 0.5) is 0 Å². The van der Waals surface area contributed by atoms with Gasteiger partial charge in [-0.15, -0.1) is 0 Å². The van der Waals surface area contributed by atoms with Gasteiger partial charge < -0.3 is 14.4 Å². The van der Waals surface area contributed by atoms with E-state index < -0.39 is 0 Å². The number of carbonyl (C=O) groups excluding carboxylic acids is 2. The van der Waals surface area contributed by atoms with Gasteiger partial charge in [-0.3, -0.25) is 14.5 Å². The molecule has 2 fully saturated rings. The Morgan fingerprint density at radius 3 is 2.36 bits per heavy atom. The van der Waals surface area contributed by atoms with Crippen LogP contribution in [0.15, 0.2) is 42.5 Å². The molecule has 0 saturated carbocycles. The van der Waals surface area contributed by atoms with Gasteiger partial charge in [0.2, 0.25) is 5.91 Å². The third-order valence-electron chi connectivity index (χ3n) is 6.82. The zero-order chi connectivity index (χ0) is 23.4. The molecule has 0 aliphatic carbocycles. The molecule has 4 rings (SSSR count). The Bertz CT molecular complexity index is 986. The molecule has 0 aromatic heterocycles. The van der Waals surface area contributed by atoms with Crippen LogP contribution in [0.2, 0.25) is 5.02 Å². The third kappa shape index (κ3) is 5.33. The van der Waals surface area contributed by atoms with Gasteiger partial charge in [0.15, 0.2) is 5.78 Å². The van der Waals surface area contributed by atoms with Crippen molar-refractivity contribution in [3.05, 3.63) is 58.6 Å². The summed E-state index contributed by atoms with van der Waals surface area (Å²) < 4.78 is 10.9. The maximum atomic E-state index is 13.2. The Labute approximate surface area is 200 Å². The van der Waals surface area contributed by atoms with Gasteiger partial charge in [-0.2, -0.15) is 0 Å². The number of likely N-dealkylation sites (tertiary alicyclic amines) is 2. The largest absolute Gasteiger partial charge is 0.497 e. The summed E-state index contributed by atoms with van der Waals surface area (Å²) in [4.78, 5) is 30.2. The first-order chi connectivity index (χ1) is 16.0. The summed E-state index contributed by atoms with van der Waals surface area (Å²) in [6.07, 6.45) is 3.43. The SMILES string of the molecule is COc1ccc(C2CCCN2C(=O)CN2CCC(C(=O)c3ccc(Cl)cc3)CC2)c(OC)c1. The molecule has 0 N–H and O–H groups in total. The highest BCUT2D eigenvalue weighted by molar-refractivity contribution is 6.30. The number of ether oxygens (including phenoxy) is 2. The van der Waals surface area contributed by atoms with Crippen molar-refractivity contribution in [2.45, 2.75) is 31.7 Å². The van der Waals surface area contributed by atoms with Gasteiger partial charge in [0.05, 0.1) is 26.8 Å². The second-order valence-electron chi connectivity index (χ2n) is 8.77. The molecule has 2 aliphatic rings.